The molecule has 0 fully saturated rings. The molecule has 0 amide bonds. The highest BCUT2D eigenvalue weighted by Crippen LogP contribution is 2.49. The van der Waals surface area contributed by atoms with Gasteiger partial charge in [0.15, 0.2) is 23.0 Å². The molecule has 52 heavy (non-hydrogen) atoms. The van der Waals surface area contributed by atoms with Crippen LogP contribution in [-0.4, -0.2) is 20.3 Å². The van der Waals surface area contributed by atoms with E-state index in [1.165, 1.54) is 27.7 Å². The summed E-state index contributed by atoms with van der Waals surface area (Å²) < 4.78 is 24.0. The predicted octanol–water partition coefficient (Wildman–Crippen LogP) is 8.87. The van der Waals surface area contributed by atoms with E-state index in [-0.39, 0.29) is 20.3 Å². The molecule has 248 valence electrons. The summed E-state index contributed by atoms with van der Waals surface area (Å²) in [6.07, 6.45) is 0. The van der Waals surface area contributed by atoms with Gasteiger partial charge in [-0.3, -0.25) is 0 Å². The highest BCUT2D eigenvalue weighted by atomic mass is 16.7. The zero-order valence-electron chi connectivity index (χ0n) is 28.4. The van der Waals surface area contributed by atoms with Gasteiger partial charge in [0.1, 0.15) is 0 Å². The molecule has 7 aromatic rings. The van der Waals surface area contributed by atoms with Crippen molar-refractivity contribution in [2.45, 2.75) is 6.92 Å². The second kappa shape index (κ2) is 11.2. The van der Waals surface area contributed by atoms with E-state index >= 15 is 0 Å². The Kier molecular flexibility index (Phi) is 6.28. The van der Waals surface area contributed by atoms with Gasteiger partial charge in [0.2, 0.25) is 13.6 Å². The molecule has 0 N–H and O–H groups in total. The van der Waals surface area contributed by atoms with Gasteiger partial charge in [-0.05, 0) is 99.7 Å². The van der Waals surface area contributed by atoms with E-state index in [0.29, 0.717) is 0 Å². The molecule has 0 atom stereocenters. The van der Waals surface area contributed by atoms with Crippen molar-refractivity contribution in [2.24, 2.45) is 0 Å². The van der Waals surface area contributed by atoms with Crippen LogP contribution in [0.25, 0.3) is 22.3 Å². The summed E-state index contributed by atoms with van der Waals surface area (Å²) in [4.78, 5) is 4.78. The van der Waals surface area contributed by atoms with Crippen LogP contribution in [-0.2, 0) is 0 Å². The summed E-state index contributed by atoms with van der Waals surface area (Å²) in [6.45, 7) is 2.49. The Morgan fingerprint density at radius 3 is 1.23 bits per heavy atom. The number of nitrogens with zero attached hydrogens (tertiary/aromatic N) is 2. The van der Waals surface area contributed by atoms with E-state index in [2.05, 4.69) is 162 Å². The van der Waals surface area contributed by atoms with Crippen molar-refractivity contribution in [3.63, 3.8) is 0 Å². The zero-order chi connectivity index (χ0) is 34.3. The Labute approximate surface area is 302 Å². The monoisotopic (exact) mass is 674 g/mol. The van der Waals surface area contributed by atoms with Crippen molar-refractivity contribution in [3.05, 3.63) is 151 Å². The number of fused-ring (bicyclic) bond motifs is 6. The van der Waals surface area contributed by atoms with Crippen LogP contribution in [0.1, 0.15) is 5.56 Å². The zero-order valence-corrected chi connectivity index (χ0v) is 28.4. The lowest BCUT2D eigenvalue weighted by atomic mass is 9.33. The van der Waals surface area contributed by atoms with Gasteiger partial charge in [-0.25, -0.2) is 0 Å². The van der Waals surface area contributed by atoms with E-state index in [0.717, 1.165) is 73.6 Å². The third-order valence-corrected chi connectivity index (χ3v) is 10.7. The Morgan fingerprint density at radius 2 is 0.808 bits per heavy atom. The van der Waals surface area contributed by atoms with Crippen molar-refractivity contribution in [3.8, 4) is 45.3 Å². The molecule has 6 nitrogen and oxygen atoms in total. The van der Waals surface area contributed by atoms with E-state index in [9.17, 15) is 0 Å². The summed E-state index contributed by atoms with van der Waals surface area (Å²) in [6, 6.07) is 52.1. The maximum Gasteiger partial charge on any atom is 0.252 e. The summed E-state index contributed by atoms with van der Waals surface area (Å²) in [5, 5.41) is 0. The normalized spacial score (nSPS) is 14.2. The fraction of sp³-hybridized carbons (Fsp3) is 0.0667. The molecule has 0 unspecified atom stereocenters. The summed E-state index contributed by atoms with van der Waals surface area (Å²) in [7, 11) is 0. The Hall–Kier alpha value is -6.60. The largest absolute Gasteiger partial charge is 0.454 e. The Balaban J connectivity index is 1.15. The van der Waals surface area contributed by atoms with Crippen molar-refractivity contribution < 1.29 is 18.9 Å². The third kappa shape index (κ3) is 4.39. The first-order chi connectivity index (χ1) is 25.7. The summed E-state index contributed by atoms with van der Waals surface area (Å²) in [5.74, 6) is 3.03. The standard InChI is InChI=1S/C45H31BN2O4/c1-28-20-39-45-40(21-28)48(34-18-14-32(15-19-34)30-10-6-3-7-11-30)38-25-44-42(50-27-52-44)23-36(38)46(45)35-22-41-43(51-26-49-41)24-37(35)47(39)33-16-12-31(13-17-33)29-8-4-2-5-9-29/h2-25H,26-27H2,1H3. The van der Waals surface area contributed by atoms with Gasteiger partial charge in [0.05, 0.1) is 0 Å². The minimum atomic E-state index is -0.0979. The molecule has 0 radical (unpaired) electrons. The molecular formula is C45H31BN2O4. The van der Waals surface area contributed by atoms with Crippen molar-refractivity contribution in [2.75, 3.05) is 23.4 Å². The first-order valence-corrected chi connectivity index (χ1v) is 17.6. The molecule has 0 aliphatic carbocycles. The number of anilines is 6. The smallest absolute Gasteiger partial charge is 0.252 e. The minimum Gasteiger partial charge on any atom is -0.454 e. The SMILES string of the molecule is Cc1cc2c3c(c1)N(c1ccc(-c4ccccc4)cc1)c1cc4c(cc1B3c1cc3c(cc1N2c1ccc(-c2ccccc2)cc1)OCO3)OCO4. The molecule has 7 aromatic carbocycles. The minimum absolute atomic E-state index is 0.0979. The van der Waals surface area contributed by atoms with Crippen molar-refractivity contribution in [1.29, 1.82) is 0 Å². The number of ether oxygens (including phenoxy) is 4. The molecule has 0 aromatic heterocycles. The van der Waals surface area contributed by atoms with E-state index in [4.69, 9.17) is 18.9 Å². The average Bonchev–Trinajstić information content (AvgIpc) is 3.86. The number of benzene rings is 7. The second-order valence-electron chi connectivity index (χ2n) is 13.7. The van der Waals surface area contributed by atoms with Crippen LogP contribution in [0.4, 0.5) is 34.1 Å². The topological polar surface area (TPSA) is 43.4 Å². The van der Waals surface area contributed by atoms with Gasteiger partial charge in [0, 0.05) is 46.3 Å². The van der Waals surface area contributed by atoms with Crippen LogP contribution in [0, 0.1) is 6.92 Å². The van der Waals surface area contributed by atoms with Gasteiger partial charge in [0.25, 0.3) is 6.71 Å². The van der Waals surface area contributed by atoms with Gasteiger partial charge in [-0.1, -0.05) is 84.9 Å². The molecule has 0 spiro atoms. The van der Waals surface area contributed by atoms with E-state index < -0.39 is 0 Å². The number of aryl methyl sites for hydroxylation is 1. The van der Waals surface area contributed by atoms with Gasteiger partial charge in [-0.2, -0.15) is 0 Å². The Morgan fingerprint density at radius 1 is 0.423 bits per heavy atom. The quantitative estimate of drug-likeness (QED) is 0.174. The van der Waals surface area contributed by atoms with Crippen LogP contribution in [0.15, 0.2) is 146 Å². The summed E-state index contributed by atoms with van der Waals surface area (Å²) >= 11 is 0. The average molecular weight is 675 g/mol. The molecule has 7 heteroatoms. The fourth-order valence-electron chi connectivity index (χ4n) is 8.33. The molecule has 11 rings (SSSR count). The maximum absolute atomic E-state index is 6.02. The van der Waals surface area contributed by atoms with Crippen LogP contribution in [0.2, 0.25) is 0 Å². The summed E-state index contributed by atoms with van der Waals surface area (Å²) in [5.41, 5.74) is 15.9. The highest BCUT2D eigenvalue weighted by molar-refractivity contribution is 7.00. The number of rotatable bonds is 4. The van der Waals surface area contributed by atoms with Gasteiger partial charge in [-0.15, -0.1) is 0 Å². The fourth-order valence-corrected chi connectivity index (χ4v) is 8.33. The lowest BCUT2D eigenvalue weighted by molar-refractivity contribution is 0.173. The number of hydrogen-bond donors (Lipinski definition) is 0. The second-order valence-corrected chi connectivity index (χ2v) is 13.7. The van der Waals surface area contributed by atoms with Crippen LogP contribution in [0.3, 0.4) is 0 Å². The maximum atomic E-state index is 6.02. The predicted molar refractivity (Wildman–Crippen MR) is 208 cm³/mol. The molecule has 0 bridgehead atoms. The van der Waals surface area contributed by atoms with Crippen LogP contribution >= 0.6 is 0 Å². The van der Waals surface area contributed by atoms with Crippen molar-refractivity contribution in [1.82, 2.24) is 0 Å². The van der Waals surface area contributed by atoms with Crippen molar-refractivity contribution >= 4 is 57.2 Å². The highest BCUT2D eigenvalue weighted by Gasteiger charge is 2.45. The van der Waals surface area contributed by atoms with E-state index in [1.54, 1.807) is 0 Å². The first-order valence-electron chi connectivity index (χ1n) is 17.6. The molecule has 4 aliphatic rings. The number of hydrogen-bond acceptors (Lipinski definition) is 6. The Bertz CT molecular complexity index is 2370. The lowest BCUT2D eigenvalue weighted by Crippen LogP contribution is -2.61. The van der Waals surface area contributed by atoms with Gasteiger partial charge < -0.3 is 28.7 Å². The van der Waals surface area contributed by atoms with E-state index in [1.807, 2.05) is 0 Å². The van der Waals surface area contributed by atoms with Crippen LogP contribution < -0.4 is 45.1 Å². The molecular weight excluding hydrogens is 643 g/mol. The molecule has 4 heterocycles. The molecule has 4 aliphatic heterocycles. The van der Waals surface area contributed by atoms with Crippen LogP contribution in [0.5, 0.6) is 23.0 Å². The van der Waals surface area contributed by atoms with Gasteiger partial charge >= 0.3 is 0 Å². The molecule has 0 saturated heterocycles. The first kappa shape index (κ1) is 29.2. The molecule has 0 saturated carbocycles. The third-order valence-electron chi connectivity index (χ3n) is 10.7. The lowest BCUT2D eigenvalue weighted by Gasteiger charge is -2.44.